The van der Waals surface area contributed by atoms with Crippen LogP contribution >= 0.6 is 34.5 Å². The third kappa shape index (κ3) is 2.84. The summed E-state index contributed by atoms with van der Waals surface area (Å²) >= 11 is 13.3. The molecule has 0 saturated carbocycles. The fourth-order valence-electron chi connectivity index (χ4n) is 2.28. The molecule has 0 aliphatic carbocycles. The van der Waals surface area contributed by atoms with Crippen LogP contribution in [0.25, 0.3) is 10.8 Å². The van der Waals surface area contributed by atoms with Gasteiger partial charge in [-0.2, -0.15) is 0 Å². The van der Waals surface area contributed by atoms with Crippen molar-refractivity contribution in [2.75, 3.05) is 0 Å². The van der Waals surface area contributed by atoms with Gasteiger partial charge < -0.3 is 5.11 Å². The number of aliphatic hydroxyl groups is 1. The van der Waals surface area contributed by atoms with Gasteiger partial charge in [-0.05, 0) is 22.4 Å². The first-order valence-corrected chi connectivity index (χ1v) is 7.81. The summed E-state index contributed by atoms with van der Waals surface area (Å²) in [5.41, 5.74) is 1.78. The lowest BCUT2D eigenvalue weighted by molar-refractivity contribution is 0.179. The van der Waals surface area contributed by atoms with E-state index in [1.807, 2.05) is 18.2 Å². The molecule has 3 rings (SSSR count). The van der Waals surface area contributed by atoms with E-state index in [1.54, 1.807) is 6.07 Å². The van der Waals surface area contributed by atoms with E-state index in [4.69, 9.17) is 23.2 Å². The number of rotatable bonds is 3. The highest BCUT2D eigenvalue weighted by molar-refractivity contribution is 7.20. The smallest absolute Gasteiger partial charge is 0.100 e. The molecule has 0 aliphatic rings. The van der Waals surface area contributed by atoms with Crippen molar-refractivity contribution < 1.29 is 5.11 Å². The molecule has 1 heterocycles. The van der Waals surface area contributed by atoms with E-state index in [1.165, 1.54) is 22.1 Å². The highest BCUT2D eigenvalue weighted by atomic mass is 35.5. The van der Waals surface area contributed by atoms with Crippen LogP contribution in [0.2, 0.25) is 8.67 Å². The number of hydrogen-bond donors (Lipinski definition) is 1. The van der Waals surface area contributed by atoms with Gasteiger partial charge in [0, 0.05) is 12.0 Å². The Kier molecular flexibility index (Phi) is 3.99. The Morgan fingerprint density at radius 2 is 1.75 bits per heavy atom. The summed E-state index contributed by atoms with van der Waals surface area (Å²) in [5, 5.41) is 12.7. The fourth-order valence-corrected chi connectivity index (χ4v) is 3.85. The van der Waals surface area contributed by atoms with Gasteiger partial charge in [-0.3, -0.25) is 0 Å². The summed E-state index contributed by atoms with van der Waals surface area (Å²) in [6, 6.07) is 16.1. The van der Waals surface area contributed by atoms with Gasteiger partial charge in [-0.15, -0.1) is 11.3 Å². The zero-order chi connectivity index (χ0) is 14.1. The van der Waals surface area contributed by atoms with Gasteiger partial charge in [0.15, 0.2) is 0 Å². The average Bonchev–Trinajstić information content (AvgIpc) is 2.78. The molecular formula is C16H12Cl2OS. The summed E-state index contributed by atoms with van der Waals surface area (Å²) in [4.78, 5) is 0. The van der Waals surface area contributed by atoms with E-state index in [-0.39, 0.29) is 0 Å². The van der Waals surface area contributed by atoms with Gasteiger partial charge in [0.05, 0.1) is 10.4 Å². The van der Waals surface area contributed by atoms with E-state index in [0.29, 0.717) is 20.7 Å². The first kappa shape index (κ1) is 13.9. The highest BCUT2D eigenvalue weighted by Gasteiger charge is 2.15. The second-order valence-electron chi connectivity index (χ2n) is 4.68. The minimum Gasteiger partial charge on any atom is -0.388 e. The number of halogens is 2. The van der Waals surface area contributed by atoms with E-state index >= 15 is 0 Å². The molecule has 0 bridgehead atoms. The molecule has 0 spiro atoms. The SMILES string of the molecule is OC(Cc1ccc2ccccc2c1)c1cc(Cl)sc1Cl. The lowest BCUT2D eigenvalue weighted by atomic mass is 10.0. The molecule has 102 valence electrons. The first-order chi connectivity index (χ1) is 9.63. The molecule has 0 fully saturated rings. The maximum absolute atomic E-state index is 10.3. The predicted molar refractivity (Wildman–Crippen MR) is 87.0 cm³/mol. The van der Waals surface area contributed by atoms with Gasteiger partial charge in [-0.25, -0.2) is 0 Å². The van der Waals surface area contributed by atoms with Crippen LogP contribution in [0.1, 0.15) is 17.2 Å². The molecular weight excluding hydrogens is 311 g/mol. The number of fused-ring (bicyclic) bond motifs is 1. The molecule has 1 aromatic heterocycles. The summed E-state index contributed by atoms with van der Waals surface area (Å²) in [6.07, 6.45) is -0.107. The van der Waals surface area contributed by atoms with Gasteiger partial charge >= 0.3 is 0 Å². The molecule has 3 aromatic rings. The largest absolute Gasteiger partial charge is 0.388 e. The van der Waals surface area contributed by atoms with Crippen LogP contribution in [0.4, 0.5) is 0 Å². The molecule has 0 saturated heterocycles. The van der Waals surface area contributed by atoms with Crippen molar-refractivity contribution >= 4 is 45.3 Å². The van der Waals surface area contributed by atoms with Crippen molar-refractivity contribution in [3.63, 3.8) is 0 Å². The molecule has 20 heavy (non-hydrogen) atoms. The van der Waals surface area contributed by atoms with Crippen molar-refractivity contribution in [1.29, 1.82) is 0 Å². The van der Waals surface area contributed by atoms with Crippen LogP contribution in [-0.2, 0) is 6.42 Å². The van der Waals surface area contributed by atoms with Crippen LogP contribution in [0.5, 0.6) is 0 Å². The Labute approximate surface area is 131 Å². The van der Waals surface area contributed by atoms with Crippen molar-refractivity contribution in [3.05, 3.63) is 68.3 Å². The van der Waals surface area contributed by atoms with Crippen molar-refractivity contribution in [3.8, 4) is 0 Å². The normalized spacial score (nSPS) is 12.8. The minimum atomic E-state index is -0.632. The molecule has 0 radical (unpaired) electrons. The number of hydrogen-bond acceptors (Lipinski definition) is 2. The Morgan fingerprint density at radius 3 is 2.45 bits per heavy atom. The van der Waals surface area contributed by atoms with E-state index < -0.39 is 6.10 Å². The fraction of sp³-hybridized carbons (Fsp3) is 0.125. The van der Waals surface area contributed by atoms with Crippen molar-refractivity contribution in [2.45, 2.75) is 12.5 Å². The zero-order valence-electron chi connectivity index (χ0n) is 10.5. The highest BCUT2D eigenvalue weighted by Crippen LogP contribution is 2.36. The quantitative estimate of drug-likeness (QED) is 0.676. The standard InChI is InChI=1S/C16H12Cl2OS/c17-15-9-13(16(18)20-15)14(19)8-10-5-6-11-3-1-2-4-12(11)7-10/h1-7,9,14,19H,8H2. The molecule has 1 unspecified atom stereocenters. The minimum absolute atomic E-state index is 0.525. The Bertz CT molecular complexity index is 751. The Balaban J connectivity index is 1.87. The first-order valence-electron chi connectivity index (χ1n) is 6.24. The third-order valence-corrected chi connectivity index (χ3v) is 4.80. The summed E-state index contributed by atoms with van der Waals surface area (Å²) in [7, 11) is 0. The maximum Gasteiger partial charge on any atom is 0.100 e. The van der Waals surface area contributed by atoms with Gasteiger partial charge in [-0.1, -0.05) is 65.7 Å². The van der Waals surface area contributed by atoms with E-state index in [2.05, 4.69) is 24.3 Å². The average molecular weight is 323 g/mol. The van der Waals surface area contributed by atoms with Crippen LogP contribution in [0.15, 0.2) is 48.5 Å². The van der Waals surface area contributed by atoms with Crippen LogP contribution in [0.3, 0.4) is 0 Å². The lowest BCUT2D eigenvalue weighted by Gasteiger charge is -2.10. The van der Waals surface area contributed by atoms with E-state index in [0.717, 1.165) is 5.56 Å². The number of thiophene rings is 1. The van der Waals surface area contributed by atoms with Crippen LogP contribution < -0.4 is 0 Å². The zero-order valence-corrected chi connectivity index (χ0v) is 12.8. The van der Waals surface area contributed by atoms with Gasteiger partial charge in [0.25, 0.3) is 0 Å². The van der Waals surface area contributed by atoms with E-state index in [9.17, 15) is 5.11 Å². The topological polar surface area (TPSA) is 20.2 Å². The molecule has 0 aliphatic heterocycles. The monoisotopic (exact) mass is 322 g/mol. The lowest BCUT2D eigenvalue weighted by Crippen LogP contribution is -2.00. The second kappa shape index (κ2) is 5.74. The number of aliphatic hydroxyl groups excluding tert-OH is 1. The Morgan fingerprint density at radius 1 is 1.00 bits per heavy atom. The molecule has 2 aromatic carbocycles. The third-order valence-electron chi connectivity index (χ3n) is 3.28. The van der Waals surface area contributed by atoms with Gasteiger partial charge in [0.2, 0.25) is 0 Å². The molecule has 4 heteroatoms. The molecule has 1 nitrogen and oxygen atoms in total. The molecule has 1 atom stereocenters. The maximum atomic E-state index is 10.3. The van der Waals surface area contributed by atoms with Crippen molar-refractivity contribution in [2.24, 2.45) is 0 Å². The van der Waals surface area contributed by atoms with Crippen molar-refractivity contribution in [1.82, 2.24) is 0 Å². The Hall–Kier alpha value is -1.06. The van der Waals surface area contributed by atoms with Crippen LogP contribution in [-0.4, -0.2) is 5.11 Å². The second-order valence-corrected chi connectivity index (χ2v) is 6.97. The predicted octanol–water partition coefficient (Wildman–Crippen LogP) is 5.48. The molecule has 0 amide bonds. The summed E-state index contributed by atoms with van der Waals surface area (Å²) < 4.78 is 1.16. The van der Waals surface area contributed by atoms with Crippen LogP contribution in [0, 0.1) is 0 Å². The number of benzene rings is 2. The summed E-state index contributed by atoms with van der Waals surface area (Å²) in [6.45, 7) is 0. The van der Waals surface area contributed by atoms with Gasteiger partial charge in [0.1, 0.15) is 4.34 Å². The summed E-state index contributed by atoms with van der Waals surface area (Å²) in [5.74, 6) is 0. The molecule has 1 N–H and O–H groups in total.